The third-order valence-corrected chi connectivity index (χ3v) is 6.10. The van der Waals surface area contributed by atoms with E-state index in [2.05, 4.69) is 24.1 Å². The average Bonchev–Trinajstić information content (AvgIpc) is 3.33. The topological polar surface area (TPSA) is 81.4 Å². The fraction of sp³-hybridized carbons (Fsp3) is 0.208. The lowest BCUT2D eigenvalue weighted by Gasteiger charge is -2.08. The van der Waals surface area contributed by atoms with Crippen molar-refractivity contribution >= 4 is 39.3 Å². The van der Waals surface area contributed by atoms with E-state index in [1.165, 1.54) is 18.4 Å². The Kier molecular flexibility index (Phi) is 5.61. The van der Waals surface area contributed by atoms with Gasteiger partial charge in [0, 0.05) is 5.56 Å². The van der Waals surface area contributed by atoms with Crippen LogP contribution in [0.15, 0.2) is 52.9 Å². The molecule has 0 fully saturated rings. The number of methoxy groups -OCH3 is 1. The Morgan fingerprint density at radius 1 is 1.10 bits per heavy atom. The molecule has 0 aliphatic rings. The summed E-state index contributed by atoms with van der Waals surface area (Å²) < 4.78 is 11.7. The predicted octanol–water partition coefficient (Wildman–Crippen LogP) is 6.03. The molecule has 158 valence electrons. The number of aromatic nitrogens is 1. The third-order valence-electron chi connectivity index (χ3n) is 5.05. The van der Waals surface area contributed by atoms with Gasteiger partial charge in [0.05, 0.1) is 22.9 Å². The first-order valence-corrected chi connectivity index (χ1v) is 10.7. The monoisotopic (exact) mass is 434 g/mol. The molecule has 0 spiro atoms. The molecular formula is C24H22N2O4S. The number of para-hydroxylation sites is 1. The lowest BCUT2D eigenvalue weighted by Crippen LogP contribution is -2.12. The summed E-state index contributed by atoms with van der Waals surface area (Å²) in [6.07, 6.45) is 0. The van der Waals surface area contributed by atoms with Crippen LogP contribution in [0.25, 0.3) is 20.8 Å². The maximum atomic E-state index is 12.9. The first kappa shape index (κ1) is 20.8. The number of fused-ring (bicyclic) bond motifs is 1. The molecule has 0 aliphatic heterocycles. The Morgan fingerprint density at radius 2 is 1.81 bits per heavy atom. The van der Waals surface area contributed by atoms with Gasteiger partial charge in [0.25, 0.3) is 5.91 Å². The second-order valence-corrected chi connectivity index (χ2v) is 8.48. The van der Waals surface area contributed by atoms with Gasteiger partial charge in [-0.1, -0.05) is 38.1 Å². The summed E-state index contributed by atoms with van der Waals surface area (Å²) in [6.45, 7) is 5.86. The van der Waals surface area contributed by atoms with Crippen LogP contribution in [0, 0.1) is 6.92 Å². The van der Waals surface area contributed by atoms with Crippen molar-refractivity contribution in [2.45, 2.75) is 26.7 Å². The minimum Gasteiger partial charge on any atom is -0.465 e. The van der Waals surface area contributed by atoms with Gasteiger partial charge in [-0.3, -0.25) is 10.1 Å². The molecule has 31 heavy (non-hydrogen) atoms. The van der Waals surface area contributed by atoms with Crippen LogP contribution in [0.2, 0.25) is 0 Å². The van der Waals surface area contributed by atoms with E-state index in [4.69, 9.17) is 9.15 Å². The Labute approximate surface area is 183 Å². The van der Waals surface area contributed by atoms with Crippen LogP contribution in [0.5, 0.6) is 0 Å². The van der Waals surface area contributed by atoms with Crippen LogP contribution >= 0.6 is 11.3 Å². The molecule has 0 bridgehead atoms. The summed E-state index contributed by atoms with van der Waals surface area (Å²) in [5, 5.41) is 3.38. The van der Waals surface area contributed by atoms with E-state index < -0.39 is 5.97 Å². The quantitative estimate of drug-likeness (QED) is 0.388. The van der Waals surface area contributed by atoms with E-state index in [1.807, 2.05) is 36.4 Å². The average molecular weight is 435 g/mol. The van der Waals surface area contributed by atoms with Crippen LogP contribution in [0.4, 0.5) is 5.88 Å². The van der Waals surface area contributed by atoms with E-state index in [-0.39, 0.29) is 17.4 Å². The molecule has 0 saturated heterocycles. The second kappa shape index (κ2) is 8.35. The maximum Gasteiger partial charge on any atom is 0.342 e. The minimum absolute atomic E-state index is 0.176. The number of aryl methyl sites for hydroxylation is 1. The van der Waals surface area contributed by atoms with Gasteiger partial charge < -0.3 is 9.15 Å². The lowest BCUT2D eigenvalue weighted by molar-refractivity contribution is 0.0599. The number of carbonyl (C=O) groups is 2. The number of nitrogens with zero attached hydrogens (tertiary/aromatic N) is 1. The summed E-state index contributed by atoms with van der Waals surface area (Å²) in [5.41, 5.74) is 3.13. The molecule has 0 atom stereocenters. The third kappa shape index (κ3) is 3.96. The molecular weight excluding hydrogens is 412 g/mol. The van der Waals surface area contributed by atoms with E-state index in [9.17, 15) is 9.59 Å². The zero-order valence-electron chi connectivity index (χ0n) is 17.7. The fourth-order valence-corrected chi connectivity index (χ4v) is 4.37. The molecule has 0 aliphatic carbocycles. The summed E-state index contributed by atoms with van der Waals surface area (Å²) in [5.74, 6) is 0.0275. The number of nitrogens with one attached hydrogen (secondary N) is 1. The van der Waals surface area contributed by atoms with Crippen molar-refractivity contribution in [1.29, 1.82) is 0 Å². The number of hydrogen-bond donors (Lipinski definition) is 1. The van der Waals surface area contributed by atoms with Gasteiger partial charge in [-0.25, -0.2) is 9.78 Å². The van der Waals surface area contributed by atoms with E-state index in [0.717, 1.165) is 15.8 Å². The summed E-state index contributed by atoms with van der Waals surface area (Å²) in [7, 11) is 1.31. The number of ether oxygens (including phenoxy) is 1. The second-order valence-electron chi connectivity index (χ2n) is 7.45. The zero-order valence-corrected chi connectivity index (χ0v) is 18.5. The number of carbonyl (C=O) groups excluding carboxylic acids is 2. The molecule has 4 rings (SSSR count). The van der Waals surface area contributed by atoms with E-state index in [1.54, 1.807) is 19.1 Å². The SMILES string of the molecule is COC(=O)c1c(C)oc(NC(=O)c2ccc(C(C)C)cc2)c1-c1nc2ccccc2s1. The molecule has 1 amide bonds. The van der Waals surface area contributed by atoms with Gasteiger partial charge in [-0.05, 0) is 42.7 Å². The van der Waals surface area contributed by atoms with Crippen LogP contribution in [0.1, 0.15) is 51.8 Å². The van der Waals surface area contributed by atoms with Gasteiger partial charge in [-0.15, -0.1) is 11.3 Å². The highest BCUT2D eigenvalue weighted by Crippen LogP contribution is 2.40. The maximum absolute atomic E-state index is 12.9. The molecule has 0 unspecified atom stereocenters. The number of amides is 1. The largest absolute Gasteiger partial charge is 0.465 e. The summed E-state index contributed by atoms with van der Waals surface area (Å²) in [6, 6.07) is 15.1. The van der Waals surface area contributed by atoms with Gasteiger partial charge in [0.15, 0.2) is 0 Å². The first-order chi connectivity index (χ1) is 14.9. The van der Waals surface area contributed by atoms with Crippen LogP contribution < -0.4 is 5.32 Å². The highest BCUT2D eigenvalue weighted by Gasteiger charge is 2.29. The molecule has 1 N–H and O–H groups in total. The molecule has 0 saturated carbocycles. The number of anilines is 1. The molecule has 2 aromatic carbocycles. The number of furan rings is 1. The smallest absolute Gasteiger partial charge is 0.342 e. The zero-order chi connectivity index (χ0) is 22.1. The molecule has 6 nitrogen and oxygen atoms in total. The highest BCUT2D eigenvalue weighted by atomic mass is 32.1. The number of esters is 1. The Bertz CT molecular complexity index is 1240. The molecule has 0 radical (unpaired) electrons. The Hall–Kier alpha value is -3.45. The number of hydrogen-bond acceptors (Lipinski definition) is 6. The van der Waals surface area contributed by atoms with Crippen molar-refractivity contribution in [3.63, 3.8) is 0 Å². The number of thiazole rings is 1. The molecule has 4 aromatic rings. The van der Waals surface area contributed by atoms with E-state index in [0.29, 0.717) is 27.8 Å². The minimum atomic E-state index is -0.544. The first-order valence-electron chi connectivity index (χ1n) is 9.88. The van der Waals surface area contributed by atoms with Crippen LogP contribution in [-0.2, 0) is 4.74 Å². The van der Waals surface area contributed by atoms with Gasteiger partial charge in [0.1, 0.15) is 16.3 Å². The number of rotatable bonds is 5. The standard InChI is InChI=1S/C24H22N2O4S/c1-13(2)15-9-11-16(12-10-15)21(27)26-22-20(19(14(3)30-22)24(28)29-4)23-25-17-7-5-6-8-18(17)31-23/h5-13H,1-4H3,(H,26,27). The molecule has 2 heterocycles. The summed E-state index contributed by atoms with van der Waals surface area (Å²) >= 11 is 1.42. The molecule has 2 aromatic heterocycles. The Morgan fingerprint density at radius 3 is 2.45 bits per heavy atom. The van der Waals surface area contributed by atoms with Crippen molar-refractivity contribution in [1.82, 2.24) is 4.98 Å². The van der Waals surface area contributed by atoms with Crippen LogP contribution in [0.3, 0.4) is 0 Å². The predicted molar refractivity (Wildman–Crippen MR) is 122 cm³/mol. The number of benzene rings is 2. The lowest BCUT2D eigenvalue weighted by atomic mass is 10.0. The summed E-state index contributed by atoms with van der Waals surface area (Å²) in [4.78, 5) is 30.0. The highest BCUT2D eigenvalue weighted by molar-refractivity contribution is 7.21. The van der Waals surface area contributed by atoms with Crippen molar-refractivity contribution in [3.8, 4) is 10.6 Å². The van der Waals surface area contributed by atoms with Crippen molar-refractivity contribution in [2.75, 3.05) is 12.4 Å². The normalized spacial score (nSPS) is 11.1. The van der Waals surface area contributed by atoms with Crippen LogP contribution in [-0.4, -0.2) is 24.0 Å². The Balaban J connectivity index is 1.77. The van der Waals surface area contributed by atoms with Gasteiger partial charge >= 0.3 is 5.97 Å². The van der Waals surface area contributed by atoms with Crippen molar-refractivity contribution in [2.24, 2.45) is 0 Å². The van der Waals surface area contributed by atoms with Crippen molar-refractivity contribution < 1.29 is 18.7 Å². The fourth-order valence-electron chi connectivity index (χ4n) is 3.36. The van der Waals surface area contributed by atoms with Crippen molar-refractivity contribution in [3.05, 3.63) is 71.0 Å². The van der Waals surface area contributed by atoms with Gasteiger partial charge in [-0.2, -0.15) is 0 Å². The van der Waals surface area contributed by atoms with E-state index >= 15 is 0 Å². The van der Waals surface area contributed by atoms with Gasteiger partial charge in [0.2, 0.25) is 5.88 Å². The molecule has 7 heteroatoms.